The molecule has 0 aliphatic carbocycles. The highest BCUT2D eigenvalue weighted by Crippen LogP contribution is 2.16. The van der Waals surface area contributed by atoms with Crippen molar-refractivity contribution in [2.75, 3.05) is 0 Å². The van der Waals surface area contributed by atoms with Gasteiger partial charge >= 0.3 is 5.69 Å². The monoisotopic (exact) mass is 292 g/mol. The van der Waals surface area contributed by atoms with Gasteiger partial charge in [0.1, 0.15) is 6.04 Å². The smallest absolute Gasteiger partial charge is 0.295 e. The fraction of sp³-hybridized carbons (Fsp3) is 0.429. The lowest BCUT2D eigenvalue weighted by molar-refractivity contribution is -0.136. The maximum atomic E-state index is 12.2. The largest absolute Gasteiger partial charge is 0.351 e. The summed E-state index contributed by atoms with van der Waals surface area (Å²) in [7, 11) is 0. The van der Waals surface area contributed by atoms with Gasteiger partial charge in [0, 0.05) is 12.6 Å². The Labute approximate surface area is 123 Å². The van der Waals surface area contributed by atoms with Crippen LogP contribution in [-0.4, -0.2) is 26.2 Å². The highest BCUT2D eigenvalue weighted by molar-refractivity contribution is 5.99. The molecule has 21 heavy (non-hydrogen) atoms. The molecule has 1 unspecified atom stereocenters. The second kappa shape index (κ2) is 7.37. The predicted octanol–water partition coefficient (Wildman–Crippen LogP) is 1.18. The second-order valence-electron chi connectivity index (χ2n) is 4.11. The van der Waals surface area contributed by atoms with Gasteiger partial charge in [-0.2, -0.15) is 4.68 Å². The molecule has 0 saturated carbocycles. The molecule has 0 radical (unpaired) electrons. The van der Waals surface area contributed by atoms with Crippen LogP contribution in [0.25, 0.3) is 12.3 Å². The van der Waals surface area contributed by atoms with Crippen LogP contribution in [0.2, 0.25) is 0 Å². The normalized spacial score (nSPS) is 18.1. The molecule has 114 valence electrons. The molecule has 7 heteroatoms. The summed E-state index contributed by atoms with van der Waals surface area (Å²) in [5.74, 6) is -0.474. The van der Waals surface area contributed by atoms with Gasteiger partial charge in [0.05, 0.1) is 0 Å². The standard InChI is InChI=1S/C12H14N4O3.C2H6/c1-3-7-15-9(4-2)14-16(12(15)19)8-5-6-10(17)13-11(8)18;1-2/h3-4,7-8H,2,5-6H2,1H3,(H,13,17,18);1-2H3/b7-3-;. The Morgan fingerprint density at radius 3 is 2.52 bits per heavy atom. The van der Waals surface area contributed by atoms with Crippen molar-refractivity contribution in [2.24, 2.45) is 0 Å². The fourth-order valence-corrected chi connectivity index (χ4v) is 1.96. The number of imide groups is 1. The Hall–Kier alpha value is -2.44. The van der Waals surface area contributed by atoms with Crippen LogP contribution < -0.4 is 11.0 Å². The summed E-state index contributed by atoms with van der Waals surface area (Å²) in [5, 5.41) is 6.27. The van der Waals surface area contributed by atoms with E-state index in [1.165, 1.54) is 10.6 Å². The van der Waals surface area contributed by atoms with Crippen molar-refractivity contribution in [3.05, 3.63) is 29.0 Å². The zero-order valence-corrected chi connectivity index (χ0v) is 12.5. The van der Waals surface area contributed by atoms with Gasteiger partial charge in [-0.3, -0.25) is 19.5 Å². The molecule has 1 aromatic rings. The van der Waals surface area contributed by atoms with Crippen molar-refractivity contribution in [3.8, 4) is 0 Å². The first-order valence-corrected chi connectivity index (χ1v) is 6.88. The van der Waals surface area contributed by atoms with Crippen LogP contribution in [0.15, 0.2) is 17.4 Å². The Balaban J connectivity index is 0.00000106. The van der Waals surface area contributed by atoms with Crippen LogP contribution in [0.5, 0.6) is 0 Å². The lowest BCUT2D eigenvalue weighted by atomic mass is 10.1. The van der Waals surface area contributed by atoms with E-state index in [-0.39, 0.29) is 18.7 Å². The summed E-state index contributed by atoms with van der Waals surface area (Å²) < 4.78 is 2.40. The quantitative estimate of drug-likeness (QED) is 0.848. The van der Waals surface area contributed by atoms with Gasteiger partial charge in [0.15, 0.2) is 5.82 Å². The highest BCUT2D eigenvalue weighted by Gasteiger charge is 2.31. The molecule has 2 rings (SSSR count). The fourth-order valence-electron chi connectivity index (χ4n) is 1.96. The maximum Gasteiger partial charge on any atom is 0.351 e. The van der Waals surface area contributed by atoms with E-state index in [4.69, 9.17) is 0 Å². The van der Waals surface area contributed by atoms with Crippen molar-refractivity contribution in [1.29, 1.82) is 0 Å². The first-order valence-electron chi connectivity index (χ1n) is 6.88. The SMILES string of the molecule is C=Cc1nn(C2CCC(=O)NC2=O)c(=O)n1/C=C\C.CC. The molecule has 1 aliphatic rings. The average Bonchev–Trinajstić information content (AvgIpc) is 2.79. The van der Waals surface area contributed by atoms with Gasteiger partial charge in [-0.15, -0.1) is 5.10 Å². The average molecular weight is 292 g/mol. The van der Waals surface area contributed by atoms with Crippen molar-refractivity contribution in [1.82, 2.24) is 19.7 Å². The van der Waals surface area contributed by atoms with E-state index < -0.39 is 17.6 Å². The molecule has 7 nitrogen and oxygen atoms in total. The summed E-state index contributed by atoms with van der Waals surface area (Å²) in [4.78, 5) is 35.0. The summed E-state index contributed by atoms with van der Waals surface area (Å²) >= 11 is 0. The van der Waals surface area contributed by atoms with Crippen molar-refractivity contribution >= 4 is 24.1 Å². The highest BCUT2D eigenvalue weighted by atomic mass is 16.2. The third-order valence-corrected chi connectivity index (χ3v) is 2.85. The van der Waals surface area contributed by atoms with Crippen molar-refractivity contribution in [3.63, 3.8) is 0 Å². The first kappa shape index (κ1) is 16.6. The number of carbonyl (C=O) groups is 2. The Morgan fingerprint density at radius 2 is 2.00 bits per heavy atom. The number of carbonyl (C=O) groups excluding carboxylic acids is 2. The van der Waals surface area contributed by atoms with Crippen molar-refractivity contribution < 1.29 is 9.59 Å². The van der Waals surface area contributed by atoms with Crippen LogP contribution in [0.4, 0.5) is 0 Å². The number of rotatable bonds is 3. The topological polar surface area (TPSA) is 86.0 Å². The first-order chi connectivity index (χ1) is 10.1. The maximum absolute atomic E-state index is 12.2. The molecule has 1 atom stereocenters. The van der Waals surface area contributed by atoms with Gasteiger partial charge in [-0.1, -0.05) is 26.5 Å². The number of nitrogens with zero attached hydrogens (tertiary/aromatic N) is 3. The zero-order valence-electron chi connectivity index (χ0n) is 12.5. The Bertz CT molecular complexity index is 625. The lowest BCUT2D eigenvalue weighted by Gasteiger charge is -2.19. The van der Waals surface area contributed by atoms with Gasteiger partial charge in [-0.05, 0) is 19.4 Å². The molecule has 2 heterocycles. The predicted molar refractivity (Wildman–Crippen MR) is 80.4 cm³/mol. The van der Waals surface area contributed by atoms with Gasteiger partial charge < -0.3 is 0 Å². The number of amides is 2. The van der Waals surface area contributed by atoms with Gasteiger partial charge in [0.25, 0.3) is 5.91 Å². The minimum Gasteiger partial charge on any atom is -0.295 e. The molecule has 1 fully saturated rings. The molecule has 0 bridgehead atoms. The van der Waals surface area contributed by atoms with E-state index in [9.17, 15) is 14.4 Å². The van der Waals surface area contributed by atoms with E-state index in [0.717, 1.165) is 4.68 Å². The van der Waals surface area contributed by atoms with Crippen LogP contribution in [0, 0.1) is 0 Å². The molecule has 1 N–H and O–H groups in total. The van der Waals surface area contributed by atoms with Crippen molar-refractivity contribution in [2.45, 2.75) is 39.7 Å². The zero-order chi connectivity index (χ0) is 16.0. The van der Waals surface area contributed by atoms with Crippen LogP contribution in [0.3, 0.4) is 0 Å². The van der Waals surface area contributed by atoms with E-state index in [1.54, 1.807) is 19.2 Å². The van der Waals surface area contributed by atoms with Gasteiger partial charge in [-0.25, -0.2) is 4.79 Å². The number of hydrogen-bond acceptors (Lipinski definition) is 4. The number of hydrogen-bond donors (Lipinski definition) is 1. The third kappa shape index (κ3) is 3.36. The van der Waals surface area contributed by atoms with E-state index in [1.807, 2.05) is 13.8 Å². The summed E-state index contributed by atoms with van der Waals surface area (Å²) in [5.41, 5.74) is -0.428. The van der Waals surface area contributed by atoms with Crippen LogP contribution in [0.1, 0.15) is 45.5 Å². The van der Waals surface area contributed by atoms with E-state index in [0.29, 0.717) is 5.82 Å². The number of allylic oxidation sites excluding steroid dienone is 1. The minimum absolute atomic E-state index is 0.197. The molecule has 1 aliphatic heterocycles. The Kier molecular flexibility index (Phi) is 5.83. The second-order valence-corrected chi connectivity index (χ2v) is 4.11. The number of aromatic nitrogens is 3. The summed E-state index contributed by atoms with van der Waals surface area (Å²) in [6.07, 6.45) is 5.14. The molecule has 1 saturated heterocycles. The van der Waals surface area contributed by atoms with Crippen LogP contribution in [-0.2, 0) is 9.59 Å². The molecule has 1 aromatic heterocycles. The molecular weight excluding hydrogens is 272 g/mol. The lowest BCUT2D eigenvalue weighted by Crippen LogP contribution is -2.44. The third-order valence-electron chi connectivity index (χ3n) is 2.85. The van der Waals surface area contributed by atoms with Gasteiger partial charge in [0.2, 0.25) is 5.91 Å². The van der Waals surface area contributed by atoms with E-state index in [2.05, 4.69) is 17.0 Å². The molecular formula is C14H20N4O3. The minimum atomic E-state index is -0.754. The summed E-state index contributed by atoms with van der Waals surface area (Å²) in [6, 6.07) is -0.754. The number of piperidine rings is 1. The number of nitrogens with one attached hydrogen (secondary N) is 1. The molecule has 0 spiro atoms. The Morgan fingerprint density at radius 1 is 1.33 bits per heavy atom. The molecule has 2 amide bonds. The molecule has 0 aromatic carbocycles. The van der Waals surface area contributed by atoms with E-state index >= 15 is 0 Å². The van der Waals surface area contributed by atoms with Crippen LogP contribution >= 0.6 is 0 Å². The summed E-state index contributed by atoms with van der Waals surface area (Å²) in [6.45, 7) is 9.35.